The highest BCUT2D eigenvalue weighted by Crippen LogP contribution is 2.23. The number of carbonyl (C=O) groups excluding carboxylic acids is 1. The second-order valence-corrected chi connectivity index (χ2v) is 7.30. The van der Waals surface area contributed by atoms with Crippen molar-refractivity contribution in [2.75, 3.05) is 12.3 Å². The molecule has 0 bridgehead atoms. The molecule has 0 unspecified atom stereocenters. The zero-order valence-electron chi connectivity index (χ0n) is 12.0. The van der Waals surface area contributed by atoms with Crippen LogP contribution in [0.4, 0.5) is 0 Å². The molecule has 0 saturated heterocycles. The number of nitriles is 1. The van der Waals surface area contributed by atoms with Crippen LogP contribution in [0.5, 0.6) is 0 Å². The van der Waals surface area contributed by atoms with Crippen molar-refractivity contribution in [1.82, 2.24) is 24.9 Å². The van der Waals surface area contributed by atoms with Gasteiger partial charge in [-0.3, -0.25) is 9.48 Å². The normalized spacial score (nSPS) is 14.3. The zero-order valence-corrected chi connectivity index (χ0v) is 13.7. The van der Waals surface area contributed by atoms with Gasteiger partial charge in [-0.1, -0.05) is 23.1 Å². The number of hydrogen-bond donors (Lipinski definition) is 0. The number of carbonyl (C=O) groups is 1. The summed E-state index contributed by atoms with van der Waals surface area (Å²) in [7, 11) is 0. The number of aromatic nitrogens is 4. The van der Waals surface area contributed by atoms with E-state index in [9.17, 15) is 4.79 Å². The van der Waals surface area contributed by atoms with Gasteiger partial charge in [-0.15, -0.1) is 10.2 Å². The summed E-state index contributed by atoms with van der Waals surface area (Å²) in [5, 5.41) is 22.0. The maximum absolute atomic E-state index is 12.4. The van der Waals surface area contributed by atoms with E-state index in [1.165, 1.54) is 23.1 Å². The van der Waals surface area contributed by atoms with Crippen molar-refractivity contribution in [2.45, 2.75) is 30.8 Å². The summed E-state index contributed by atoms with van der Waals surface area (Å²) in [5.74, 6) is 0.430. The van der Waals surface area contributed by atoms with Gasteiger partial charge in [0, 0.05) is 13.1 Å². The lowest BCUT2D eigenvalue weighted by molar-refractivity contribution is -0.128. The van der Waals surface area contributed by atoms with Crippen LogP contribution in [0.25, 0.3) is 0 Å². The van der Waals surface area contributed by atoms with Crippen molar-refractivity contribution in [1.29, 1.82) is 5.26 Å². The highest BCUT2D eigenvalue weighted by atomic mass is 32.2. The summed E-state index contributed by atoms with van der Waals surface area (Å²) in [4.78, 5) is 14.2. The van der Waals surface area contributed by atoms with Crippen molar-refractivity contribution in [3.05, 3.63) is 22.5 Å². The Kier molecular flexibility index (Phi) is 4.40. The summed E-state index contributed by atoms with van der Waals surface area (Å²) in [6.07, 6.45) is 0.841. The Labute approximate surface area is 135 Å². The van der Waals surface area contributed by atoms with Gasteiger partial charge in [0.05, 0.1) is 18.0 Å². The standard InChI is InChI=1S/C13H14N6OS2/c1-9-15-16-13(22-9)21-8-12(20)18-3-2-4-19-11(7-18)5-10(6-14)17-19/h5H,2-4,7-8H2,1H3. The van der Waals surface area contributed by atoms with E-state index >= 15 is 0 Å². The van der Waals surface area contributed by atoms with Crippen LogP contribution in [-0.4, -0.2) is 43.1 Å². The molecule has 0 spiro atoms. The molecule has 0 saturated carbocycles. The summed E-state index contributed by atoms with van der Waals surface area (Å²) in [5.41, 5.74) is 1.32. The Morgan fingerprint density at radius 2 is 2.36 bits per heavy atom. The Hall–Kier alpha value is -1.92. The third-order valence-electron chi connectivity index (χ3n) is 3.31. The van der Waals surface area contributed by atoms with Crippen LogP contribution in [-0.2, 0) is 17.9 Å². The fourth-order valence-electron chi connectivity index (χ4n) is 2.28. The quantitative estimate of drug-likeness (QED) is 0.789. The lowest BCUT2D eigenvalue weighted by Gasteiger charge is -2.19. The van der Waals surface area contributed by atoms with Gasteiger partial charge in [0.25, 0.3) is 0 Å². The molecule has 114 valence electrons. The lowest BCUT2D eigenvalue weighted by Crippen LogP contribution is -2.32. The first-order valence-corrected chi connectivity index (χ1v) is 8.63. The van der Waals surface area contributed by atoms with Gasteiger partial charge in [-0.05, 0) is 19.4 Å². The SMILES string of the molecule is Cc1nnc(SCC(=O)N2CCCn3nc(C#N)cc3C2)s1. The van der Waals surface area contributed by atoms with Crippen LogP contribution >= 0.6 is 23.1 Å². The van der Waals surface area contributed by atoms with Crippen molar-refractivity contribution in [3.63, 3.8) is 0 Å². The van der Waals surface area contributed by atoms with Gasteiger partial charge in [-0.2, -0.15) is 10.4 Å². The van der Waals surface area contributed by atoms with E-state index < -0.39 is 0 Å². The van der Waals surface area contributed by atoms with Crippen LogP contribution in [0.1, 0.15) is 22.8 Å². The molecule has 2 aromatic heterocycles. The van der Waals surface area contributed by atoms with Crippen LogP contribution in [0.15, 0.2) is 10.4 Å². The lowest BCUT2D eigenvalue weighted by atomic mass is 10.3. The Morgan fingerprint density at radius 3 is 3.09 bits per heavy atom. The Bertz CT molecular complexity index is 731. The zero-order chi connectivity index (χ0) is 15.5. The molecule has 0 atom stereocenters. The number of aryl methyl sites for hydroxylation is 2. The largest absolute Gasteiger partial charge is 0.336 e. The monoisotopic (exact) mass is 334 g/mol. The molecule has 22 heavy (non-hydrogen) atoms. The number of rotatable bonds is 3. The average Bonchev–Trinajstić information content (AvgIpc) is 3.05. The molecule has 0 aromatic carbocycles. The Morgan fingerprint density at radius 1 is 1.50 bits per heavy atom. The predicted octanol–water partition coefficient (Wildman–Crippen LogP) is 1.44. The summed E-state index contributed by atoms with van der Waals surface area (Å²) in [6.45, 7) is 3.85. The Balaban J connectivity index is 1.64. The van der Waals surface area contributed by atoms with Gasteiger partial charge in [0.15, 0.2) is 10.0 Å². The van der Waals surface area contributed by atoms with E-state index in [0.717, 1.165) is 28.0 Å². The van der Waals surface area contributed by atoms with Gasteiger partial charge in [0.1, 0.15) is 11.1 Å². The molecule has 1 aliphatic rings. The predicted molar refractivity (Wildman–Crippen MR) is 82.3 cm³/mol. The highest BCUT2D eigenvalue weighted by molar-refractivity contribution is 8.01. The molecular formula is C13H14N6OS2. The molecule has 3 heterocycles. The maximum Gasteiger partial charge on any atom is 0.233 e. The van der Waals surface area contributed by atoms with E-state index in [2.05, 4.69) is 15.3 Å². The van der Waals surface area contributed by atoms with E-state index in [1.54, 1.807) is 6.07 Å². The van der Waals surface area contributed by atoms with E-state index in [0.29, 0.717) is 24.5 Å². The van der Waals surface area contributed by atoms with Gasteiger partial charge in [0.2, 0.25) is 5.91 Å². The summed E-state index contributed by atoms with van der Waals surface area (Å²) >= 11 is 2.91. The molecule has 0 radical (unpaired) electrons. The van der Waals surface area contributed by atoms with Crippen LogP contribution in [0.3, 0.4) is 0 Å². The number of thioether (sulfide) groups is 1. The maximum atomic E-state index is 12.4. The molecule has 1 aliphatic heterocycles. The molecule has 1 amide bonds. The molecular weight excluding hydrogens is 320 g/mol. The first kappa shape index (κ1) is 15.0. The first-order chi connectivity index (χ1) is 10.7. The van der Waals surface area contributed by atoms with E-state index in [4.69, 9.17) is 5.26 Å². The van der Waals surface area contributed by atoms with Gasteiger partial charge in [-0.25, -0.2) is 0 Å². The fourth-order valence-corrected chi connectivity index (χ4v) is 4.00. The summed E-state index contributed by atoms with van der Waals surface area (Å²) < 4.78 is 2.64. The fraction of sp³-hybridized carbons (Fsp3) is 0.462. The minimum Gasteiger partial charge on any atom is -0.336 e. The topological polar surface area (TPSA) is 87.7 Å². The molecule has 0 N–H and O–H groups in total. The second kappa shape index (κ2) is 6.46. The highest BCUT2D eigenvalue weighted by Gasteiger charge is 2.21. The summed E-state index contributed by atoms with van der Waals surface area (Å²) in [6, 6.07) is 3.80. The third-order valence-corrected chi connectivity index (χ3v) is 5.26. The molecule has 0 fully saturated rings. The number of fused-ring (bicyclic) bond motifs is 1. The van der Waals surface area contributed by atoms with Crippen LogP contribution in [0, 0.1) is 18.3 Å². The molecule has 2 aromatic rings. The smallest absolute Gasteiger partial charge is 0.233 e. The van der Waals surface area contributed by atoms with E-state index in [1.807, 2.05) is 22.6 Å². The second-order valence-electron chi connectivity index (χ2n) is 4.90. The van der Waals surface area contributed by atoms with Crippen molar-refractivity contribution < 1.29 is 4.79 Å². The minimum absolute atomic E-state index is 0.0750. The number of amides is 1. The van der Waals surface area contributed by atoms with Gasteiger partial charge < -0.3 is 4.90 Å². The first-order valence-electron chi connectivity index (χ1n) is 6.83. The van der Waals surface area contributed by atoms with E-state index in [-0.39, 0.29) is 5.91 Å². The van der Waals surface area contributed by atoms with Crippen LogP contribution in [0.2, 0.25) is 0 Å². The molecule has 7 nitrogen and oxygen atoms in total. The third kappa shape index (κ3) is 3.28. The molecule has 0 aliphatic carbocycles. The average molecular weight is 334 g/mol. The van der Waals surface area contributed by atoms with Crippen molar-refractivity contribution in [3.8, 4) is 6.07 Å². The minimum atomic E-state index is 0.0750. The number of hydrogen-bond acceptors (Lipinski definition) is 7. The van der Waals surface area contributed by atoms with Gasteiger partial charge >= 0.3 is 0 Å². The van der Waals surface area contributed by atoms with Crippen molar-refractivity contribution in [2.24, 2.45) is 0 Å². The number of nitrogens with zero attached hydrogens (tertiary/aromatic N) is 6. The van der Waals surface area contributed by atoms with Crippen molar-refractivity contribution >= 4 is 29.0 Å². The van der Waals surface area contributed by atoms with Crippen LogP contribution < -0.4 is 0 Å². The molecule has 3 rings (SSSR count). The molecule has 9 heteroatoms.